The number of rotatable bonds is 4. The molecule has 1 aliphatic carbocycles. The largest absolute Gasteiger partial charge is 0.350 e. The predicted octanol–water partition coefficient (Wildman–Crippen LogP) is 2.76. The van der Waals surface area contributed by atoms with Crippen LogP contribution in [0.2, 0.25) is 0 Å². The van der Waals surface area contributed by atoms with Crippen molar-refractivity contribution in [2.75, 3.05) is 0 Å². The summed E-state index contributed by atoms with van der Waals surface area (Å²) >= 11 is 0. The van der Waals surface area contributed by atoms with Crippen LogP contribution in [0.5, 0.6) is 0 Å². The maximum Gasteiger partial charge on any atom is 0.247 e. The normalized spacial score (nSPS) is 15.9. The molecule has 16 heavy (non-hydrogen) atoms. The molecular weight excluding hydrogens is 198 g/mol. The Hall–Kier alpha value is -1.57. The lowest BCUT2D eigenvalue weighted by atomic mass is 10.1. The molecule has 1 aromatic carbocycles. The maximum atomic E-state index is 11.8. The Balaban J connectivity index is 2.08. The highest BCUT2D eigenvalue weighted by molar-refractivity contribution is 5.98. The van der Waals surface area contributed by atoms with E-state index in [1.54, 1.807) is 0 Å². The molecule has 1 aliphatic rings. The highest BCUT2D eigenvalue weighted by atomic mass is 16.1. The van der Waals surface area contributed by atoms with Crippen molar-refractivity contribution in [3.8, 4) is 0 Å². The number of hydrogen-bond acceptors (Lipinski definition) is 1. The van der Waals surface area contributed by atoms with Crippen LogP contribution in [0.15, 0.2) is 35.9 Å². The minimum Gasteiger partial charge on any atom is -0.350 e. The number of benzene rings is 1. The zero-order chi connectivity index (χ0) is 11.4. The fourth-order valence-electron chi connectivity index (χ4n) is 1.58. The summed E-state index contributed by atoms with van der Waals surface area (Å²) in [6, 6.07) is 10.4. The number of hydrogen-bond donors (Lipinski definition) is 1. The summed E-state index contributed by atoms with van der Waals surface area (Å²) in [5, 5.41) is 3.02. The first-order chi connectivity index (χ1) is 7.79. The lowest BCUT2D eigenvalue weighted by molar-refractivity contribution is -0.117. The first-order valence-corrected chi connectivity index (χ1v) is 5.86. The fourth-order valence-corrected chi connectivity index (χ4v) is 1.58. The van der Waals surface area contributed by atoms with Gasteiger partial charge in [0.1, 0.15) is 0 Å². The van der Waals surface area contributed by atoms with Crippen molar-refractivity contribution in [1.29, 1.82) is 0 Å². The van der Waals surface area contributed by atoms with E-state index >= 15 is 0 Å². The van der Waals surface area contributed by atoms with Crippen LogP contribution in [-0.2, 0) is 4.79 Å². The molecule has 1 saturated carbocycles. The van der Waals surface area contributed by atoms with Gasteiger partial charge in [0.15, 0.2) is 0 Å². The molecule has 0 unspecified atom stereocenters. The summed E-state index contributed by atoms with van der Waals surface area (Å²) in [5.41, 5.74) is 1.95. The highest BCUT2D eigenvalue weighted by Crippen LogP contribution is 2.20. The SMILES string of the molecule is CC/C(=C\c1ccccc1)C(=O)NC1CC1. The standard InChI is InChI=1S/C14H17NO/c1-2-12(14(16)15-13-8-9-13)10-11-6-4-3-5-7-11/h3-7,10,13H,2,8-9H2,1H3,(H,15,16)/b12-10+. The lowest BCUT2D eigenvalue weighted by Crippen LogP contribution is -2.26. The van der Waals surface area contributed by atoms with Crippen LogP contribution >= 0.6 is 0 Å². The summed E-state index contributed by atoms with van der Waals surface area (Å²) in [7, 11) is 0. The van der Waals surface area contributed by atoms with Crippen molar-refractivity contribution in [3.63, 3.8) is 0 Å². The molecule has 0 saturated heterocycles. The van der Waals surface area contributed by atoms with Crippen molar-refractivity contribution < 1.29 is 4.79 Å². The first-order valence-electron chi connectivity index (χ1n) is 5.86. The van der Waals surface area contributed by atoms with Gasteiger partial charge in [-0.2, -0.15) is 0 Å². The second kappa shape index (κ2) is 4.97. The molecule has 0 aliphatic heterocycles. The van der Waals surface area contributed by atoms with E-state index in [1.165, 1.54) is 0 Å². The van der Waals surface area contributed by atoms with Crippen molar-refractivity contribution in [3.05, 3.63) is 41.5 Å². The molecule has 0 heterocycles. The Morgan fingerprint density at radius 1 is 1.38 bits per heavy atom. The molecule has 0 bridgehead atoms. The minimum atomic E-state index is 0.0915. The van der Waals surface area contributed by atoms with Crippen molar-refractivity contribution >= 4 is 12.0 Å². The van der Waals surface area contributed by atoms with Crippen molar-refractivity contribution in [2.24, 2.45) is 0 Å². The second-order valence-electron chi connectivity index (χ2n) is 4.18. The molecule has 0 atom stereocenters. The first kappa shape index (κ1) is 10.9. The topological polar surface area (TPSA) is 29.1 Å². The molecule has 2 heteroatoms. The molecule has 1 fully saturated rings. The van der Waals surface area contributed by atoms with Gasteiger partial charge in [0.2, 0.25) is 5.91 Å². The van der Waals surface area contributed by atoms with Crippen LogP contribution in [0.3, 0.4) is 0 Å². The van der Waals surface area contributed by atoms with Crippen LogP contribution in [0.1, 0.15) is 31.7 Å². The Morgan fingerprint density at radius 2 is 2.06 bits per heavy atom. The predicted molar refractivity (Wildman–Crippen MR) is 65.9 cm³/mol. The smallest absolute Gasteiger partial charge is 0.247 e. The van der Waals surface area contributed by atoms with Gasteiger partial charge in [0.05, 0.1) is 0 Å². The van der Waals surface area contributed by atoms with E-state index in [4.69, 9.17) is 0 Å². The third-order valence-electron chi connectivity index (χ3n) is 2.73. The zero-order valence-corrected chi connectivity index (χ0v) is 9.57. The number of nitrogens with one attached hydrogen (secondary N) is 1. The van der Waals surface area contributed by atoms with E-state index in [9.17, 15) is 4.79 Å². The highest BCUT2D eigenvalue weighted by Gasteiger charge is 2.24. The van der Waals surface area contributed by atoms with Crippen LogP contribution in [0.25, 0.3) is 6.08 Å². The molecule has 1 aromatic rings. The monoisotopic (exact) mass is 215 g/mol. The van der Waals surface area contributed by atoms with Gasteiger partial charge in [-0.3, -0.25) is 4.79 Å². The van der Waals surface area contributed by atoms with Crippen LogP contribution in [0.4, 0.5) is 0 Å². The third kappa shape index (κ3) is 2.96. The van der Waals surface area contributed by atoms with Crippen molar-refractivity contribution in [2.45, 2.75) is 32.2 Å². The van der Waals surface area contributed by atoms with Crippen LogP contribution in [0, 0.1) is 0 Å². The van der Waals surface area contributed by atoms with E-state index in [0.29, 0.717) is 6.04 Å². The average Bonchev–Trinajstić information content (AvgIpc) is 3.11. The molecule has 2 nitrogen and oxygen atoms in total. The molecular formula is C14H17NO. The summed E-state index contributed by atoms with van der Waals surface area (Å²) < 4.78 is 0. The number of amides is 1. The van der Waals surface area contributed by atoms with Gasteiger partial charge in [-0.05, 0) is 30.9 Å². The maximum absolute atomic E-state index is 11.8. The molecule has 0 spiro atoms. The molecule has 84 valence electrons. The summed E-state index contributed by atoms with van der Waals surface area (Å²) in [4.78, 5) is 11.8. The molecule has 0 radical (unpaired) electrons. The second-order valence-corrected chi connectivity index (χ2v) is 4.18. The quantitative estimate of drug-likeness (QED) is 0.769. The molecule has 2 rings (SSSR count). The molecule has 1 N–H and O–H groups in total. The summed E-state index contributed by atoms with van der Waals surface area (Å²) in [5.74, 6) is 0.0915. The average molecular weight is 215 g/mol. The van der Waals surface area contributed by atoms with E-state index in [1.807, 2.05) is 43.3 Å². The number of carbonyl (C=O) groups is 1. The minimum absolute atomic E-state index is 0.0915. The van der Waals surface area contributed by atoms with Gasteiger partial charge in [-0.15, -0.1) is 0 Å². The summed E-state index contributed by atoms with van der Waals surface area (Å²) in [6.07, 6.45) is 5.01. The van der Waals surface area contributed by atoms with E-state index in [2.05, 4.69) is 5.32 Å². The van der Waals surface area contributed by atoms with Crippen LogP contribution < -0.4 is 5.32 Å². The van der Waals surface area contributed by atoms with Gasteiger partial charge < -0.3 is 5.32 Å². The van der Waals surface area contributed by atoms with Crippen molar-refractivity contribution in [1.82, 2.24) is 5.32 Å². The van der Waals surface area contributed by atoms with Gasteiger partial charge >= 0.3 is 0 Å². The zero-order valence-electron chi connectivity index (χ0n) is 9.57. The van der Waals surface area contributed by atoms with Gasteiger partial charge in [-0.1, -0.05) is 37.3 Å². The third-order valence-corrected chi connectivity index (χ3v) is 2.73. The van der Waals surface area contributed by atoms with E-state index < -0.39 is 0 Å². The van der Waals surface area contributed by atoms with Gasteiger partial charge in [0.25, 0.3) is 0 Å². The van der Waals surface area contributed by atoms with Crippen LogP contribution in [-0.4, -0.2) is 11.9 Å². The number of carbonyl (C=O) groups excluding carboxylic acids is 1. The molecule has 0 aromatic heterocycles. The van der Waals surface area contributed by atoms with Gasteiger partial charge in [0, 0.05) is 11.6 Å². The Labute approximate surface area is 96.4 Å². The Morgan fingerprint density at radius 3 is 2.62 bits per heavy atom. The fraction of sp³-hybridized carbons (Fsp3) is 0.357. The Bertz CT molecular complexity index is 390. The molecule has 1 amide bonds. The Kier molecular flexibility index (Phi) is 3.40. The lowest BCUT2D eigenvalue weighted by Gasteiger charge is -2.05. The van der Waals surface area contributed by atoms with E-state index in [0.717, 1.165) is 30.4 Å². The summed E-state index contributed by atoms with van der Waals surface area (Å²) in [6.45, 7) is 2.02. The van der Waals surface area contributed by atoms with E-state index in [-0.39, 0.29) is 5.91 Å². The van der Waals surface area contributed by atoms with Gasteiger partial charge in [-0.25, -0.2) is 0 Å².